The number of rotatable bonds is 11. The molecule has 220 valence electrons. The lowest BCUT2D eigenvalue weighted by molar-refractivity contribution is -0.141. The molecule has 0 aliphatic carbocycles. The first-order chi connectivity index (χ1) is 19.3. The minimum Gasteiger partial charge on any atom is -0.495 e. The molecular formula is C31H38ClN3O5S. The summed E-state index contributed by atoms with van der Waals surface area (Å²) in [6.07, 6.45) is 0.333. The lowest BCUT2D eigenvalue weighted by Crippen LogP contribution is -2.55. The number of hydrogen-bond acceptors (Lipinski definition) is 5. The van der Waals surface area contributed by atoms with Gasteiger partial charge in [0, 0.05) is 12.1 Å². The van der Waals surface area contributed by atoms with Crippen LogP contribution in [0.25, 0.3) is 0 Å². The molecule has 41 heavy (non-hydrogen) atoms. The van der Waals surface area contributed by atoms with Crippen LogP contribution in [0, 0.1) is 6.92 Å². The molecule has 0 aliphatic heterocycles. The number of nitrogens with zero attached hydrogens (tertiary/aromatic N) is 2. The molecule has 0 radical (unpaired) electrons. The first-order valence-corrected chi connectivity index (χ1v) is 15.2. The number of benzene rings is 3. The van der Waals surface area contributed by atoms with E-state index in [2.05, 4.69) is 5.32 Å². The van der Waals surface area contributed by atoms with Crippen LogP contribution in [-0.4, -0.2) is 50.4 Å². The number of halogens is 1. The molecule has 0 fully saturated rings. The standard InChI is InChI=1S/C31H38ClN3O5S/c1-7-27(30(37)33-31(3,4)5)34(20-23-15-13-22(2)14-16-23)29(36)21-35(24-17-18-28(40-6)26(32)19-24)41(38,39)25-11-9-8-10-12-25/h8-19,27H,7,20-21H2,1-6H3,(H,33,37)/t27-/m0/s1. The molecule has 0 saturated carbocycles. The van der Waals surface area contributed by atoms with Crippen molar-refractivity contribution in [3.63, 3.8) is 0 Å². The van der Waals surface area contributed by atoms with E-state index in [4.69, 9.17) is 16.3 Å². The number of carbonyl (C=O) groups excluding carboxylic acids is 2. The Kier molecular flexibility index (Phi) is 10.4. The third kappa shape index (κ3) is 8.24. The zero-order chi connectivity index (χ0) is 30.4. The van der Waals surface area contributed by atoms with Crippen LogP contribution in [0.1, 0.15) is 45.2 Å². The summed E-state index contributed by atoms with van der Waals surface area (Å²) in [6, 6.07) is 19.2. The van der Waals surface area contributed by atoms with Crippen LogP contribution in [0.2, 0.25) is 5.02 Å². The summed E-state index contributed by atoms with van der Waals surface area (Å²) in [4.78, 5) is 29.0. The Morgan fingerprint density at radius 1 is 1.00 bits per heavy atom. The number of anilines is 1. The van der Waals surface area contributed by atoms with Crippen LogP contribution in [0.15, 0.2) is 77.7 Å². The van der Waals surface area contributed by atoms with Crippen molar-refractivity contribution in [2.45, 2.75) is 64.1 Å². The van der Waals surface area contributed by atoms with Gasteiger partial charge in [-0.3, -0.25) is 13.9 Å². The summed E-state index contributed by atoms with van der Waals surface area (Å²) < 4.78 is 34.1. The molecule has 2 amide bonds. The zero-order valence-electron chi connectivity index (χ0n) is 24.3. The van der Waals surface area contributed by atoms with Crippen LogP contribution >= 0.6 is 11.6 Å². The van der Waals surface area contributed by atoms with Gasteiger partial charge in [-0.05, 0) is 70.0 Å². The van der Waals surface area contributed by atoms with E-state index in [1.807, 2.05) is 58.9 Å². The average molecular weight is 600 g/mol. The summed E-state index contributed by atoms with van der Waals surface area (Å²) in [5.74, 6) is -0.483. The summed E-state index contributed by atoms with van der Waals surface area (Å²) in [5, 5.41) is 3.16. The van der Waals surface area contributed by atoms with Crippen molar-refractivity contribution in [2.75, 3.05) is 18.0 Å². The van der Waals surface area contributed by atoms with Crippen molar-refractivity contribution in [1.29, 1.82) is 0 Å². The van der Waals surface area contributed by atoms with Gasteiger partial charge in [0.2, 0.25) is 11.8 Å². The van der Waals surface area contributed by atoms with Crippen molar-refractivity contribution in [3.05, 3.63) is 88.9 Å². The predicted octanol–water partition coefficient (Wildman–Crippen LogP) is 5.57. The summed E-state index contributed by atoms with van der Waals surface area (Å²) in [6.45, 7) is 8.96. The van der Waals surface area contributed by atoms with E-state index in [-0.39, 0.29) is 28.1 Å². The highest BCUT2D eigenvalue weighted by molar-refractivity contribution is 7.92. The lowest BCUT2D eigenvalue weighted by atomic mass is 10.1. The molecule has 8 nitrogen and oxygen atoms in total. The second-order valence-electron chi connectivity index (χ2n) is 10.8. The molecule has 0 aliphatic rings. The van der Waals surface area contributed by atoms with Gasteiger partial charge in [-0.1, -0.05) is 66.6 Å². The van der Waals surface area contributed by atoms with E-state index < -0.39 is 34.1 Å². The number of carbonyl (C=O) groups is 2. The quantitative estimate of drug-likeness (QED) is 0.311. The molecule has 10 heteroatoms. The van der Waals surface area contributed by atoms with Gasteiger partial charge in [0.25, 0.3) is 10.0 Å². The molecular weight excluding hydrogens is 562 g/mol. The fraction of sp³-hybridized carbons (Fsp3) is 0.355. The van der Waals surface area contributed by atoms with E-state index >= 15 is 0 Å². The van der Waals surface area contributed by atoms with Gasteiger partial charge >= 0.3 is 0 Å². The SMILES string of the molecule is CC[C@@H](C(=O)NC(C)(C)C)N(Cc1ccc(C)cc1)C(=O)CN(c1ccc(OC)c(Cl)c1)S(=O)(=O)c1ccccc1. The summed E-state index contributed by atoms with van der Waals surface area (Å²) >= 11 is 6.37. The lowest BCUT2D eigenvalue weighted by Gasteiger charge is -2.34. The van der Waals surface area contributed by atoms with Crippen molar-refractivity contribution >= 4 is 39.1 Å². The molecule has 0 saturated heterocycles. The van der Waals surface area contributed by atoms with Crippen LogP contribution in [0.5, 0.6) is 5.75 Å². The molecule has 0 bridgehead atoms. The van der Waals surface area contributed by atoms with Gasteiger partial charge in [0.15, 0.2) is 0 Å². The Hall–Kier alpha value is -3.56. The van der Waals surface area contributed by atoms with Crippen LogP contribution < -0.4 is 14.4 Å². The van der Waals surface area contributed by atoms with E-state index in [0.717, 1.165) is 15.4 Å². The minimum absolute atomic E-state index is 0.0161. The predicted molar refractivity (Wildman–Crippen MR) is 163 cm³/mol. The zero-order valence-corrected chi connectivity index (χ0v) is 25.9. The Morgan fingerprint density at radius 3 is 2.17 bits per heavy atom. The molecule has 0 spiro atoms. The second kappa shape index (κ2) is 13.4. The maximum absolute atomic E-state index is 14.1. The highest BCUT2D eigenvalue weighted by Gasteiger charge is 2.34. The third-order valence-corrected chi connectivity index (χ3v) is 8.47. The second-order valence-corrected chi connectivity index (χ2v) is 13.1. The van der Waals surface area contributed by atoms with E-state index in [1.165, 1.54) is 36.3 Å². The normalized spacial score (nSPS) is 12.4. The number of methoxy groups -OCH3 is 1. The summed E-state index contributed by atoms with van der Waals surface area (Å²) in [7, 11) is -2.74. The smallest absolute Gasteiger partial charge is 0.264 e. The first kappa shape index (κ1) is 32.0. The Bertz CT molecular complexity index is 1460. The third-order valence-electron chi connectivity index (χ3n) is 6.39. The molecule has 1 N–H and O–H groups in total. The topological polar surface area (TPSA) is 96.0 Å². The molecule has 3 aromatic rings. The number of ether oxygens (including phenoxy) is 1. The highest BCUT2D eigenvalue weighted by Crippen LogP contribution is 2.32. The van der Waals surface area contributed by atoms with Crippen LogP contribution in [0.4, 0.5) is 5.69 Å². The number of amides is 2. The minimum atomic E-state index is -4.19. The number of aryl methyl sites for hydroxylation is 1. The number of sulfonamides is 1. The molecule has 0 heterocycles. The monoisotopic (exact) mass is 599 g/mol. The molecule has 3 aromatic carbocycles. The Balaban J connectivity index is 2.09. The largest absolute Gasteiger partial charge is 0.495 e. The van der Waals surface area contributed by atoms with Gasteiger partial charge in [0.1, 0.15) is 18.3 Å². The van der Waals surface area contributed by atoms with Gasteiger partial charge in [0.05, 0.1) is 22.7 Å². The maximum atomic E-state index is 14.1. The molecule has 0 unspecified atom stereocenters. The first-order valence-electron chi connectivity index (χ1n) is 13.3. The highest BCUT2D eigenvalue weighted by atomic mass is 35.5. The van der Waals surface area contributed by atoms with Crippen molar-refractivity contribution in [2.24, 2.45) is 0 Å². The van der Waals surface area contributed by atoms with Crippen molar-refractivity contribution in [1.82, 2.24) is 10.2 Å². The van der Waals surface area contributed by atoms with Gasteiger partial charge in [-0.15, -0.1) is 0 Å². The fourth-order valence-electron chi connectivity index (χ4n) is 4.32. The molecule has 1 atom stereocenters. The average Bonchev–Trinajstić information content (AvgIpc) is 2.92. The fourth-order valence-corrected chi connectivity index (χ4v) is 6.00. The summed E-state index contributed by atoms with van der Waals surface area (Å²) in [5.41, 5.74) is 1.54. The van der Waals surface area contributed by atoms with Crippen molar-refractivity contribution < 1.29 is 22.7 Å². The van der Waals surface area contributed by atoms with Crippen LogP contribution in [0.3, 0.4) is 0 Å². The van der Waals surface area contributed by atoms with E-state index in [9.17, 15) is 18.0 Å². The molecule has 3 rings (SSSR count). The van der Waals surface area contributed by atoms with Crippen molar-refractivity contribution in [3.8, 4) is 5.75 Å². The van der Waals surface area contributed by atoms with E-state index in [1.54, 1.807) is 24.3 Å². The Labute approximate surface area is 248 Å². The van der Waals surface area contributed by atoms with Gasteiger partial charge < -0.3 is 15.0 Å². The van der Waals surface area contributed by atoms with Gasteiger partial charge in [-0.2, -0.15) is 0 Å². The Morgan fingerprint density at radius 2 is 1.63 bits per heavy atom. The molecule has 0 aromatic heterocycles. The van der Waals surface area contributed by atoms with Gasteiger partial charge in [-0.25, -0.2) is 8.42 Å². The number of nitrogens with one attached hydrogen (secondary N) is 1. The maximum Gasteiger partial charge on any atom is 0.264 e. The van der Waals surface area contributed by atoms with Crippen LogP contribution in [-0.2, 0) is 26.2 Å². The van der Waals surface area contributed by atoms with E-state index in [0.29, 0.717) is 12.2 Å². The number of hydrogen-bond donors (Lipinski definition) is 1.